The van der Waals surface area contributed by atoms with Gasteiger partial charge in [0.1, 0.15) is 45.3 Å². The first-order chi connectivity index (χ1) is 14.7. The second-order valence-corrected chi connectivity index (χ2v) is 8.25. The molecule has 2 heterocycles. The van der Waals surface area contributed by atoms with Crippen molar-refractivity contribution in [3.05, 3.63) is 63.8 Å². The Bertz CT molecular complexity index is 1290. The molecule has 1 atom stereocenters. The molecule has 160 valence electrons. The Morgan fingerprint density at radius 3 is 2.61 bits per heavy atom. The van der Waals surface area contributed by atoms with Gasteiger partial charge in [0.05, 0.1) is 11.1 Å². The van der Waals surface area contributed by atoms with Gasteiger partial charge in [-0.1, -0.05) is 11.6 Å². The quantitative estimate of drug-likeness (QED) is 0.483. The van der Waals surface area contributed by atoms with Crippen LogP contribution >= 0.6 is 0 Å². The van der Waals surface area contributed by atoms with Crippen LogP contribution in [0.5, 0.6) is 23.0 Å². The molecule has 2 aromatic carbocycles. The Labute approximate surface area is 179 Å². The molecule has 0 amide bonds. The predicted octanol–water partition coefficient (Wildman–Crippen LogP) is 5.49. The summed E-state index contributed by atoms with van der Waals surface area (Å²) in [4.78, 5) is 12.8. The topological polar surface area (TPSA) is 100 Å². The molecule has 0 fully saturated rings. The average Bonchev–Trinajstić information content (AvgIpc) is 2.66. The van der Waals surface area contributed by atoms with E-state index in [1.54, 1.807) is 12.1 Å². The van der Waals surface area contributed by atoms with E-state index < -0.39 is 11.0 Å². The summed E-state index contributed by atoms with van der Waals surface area (Å²) in [5.74, 6) is -0.000765. The lowest BCUT2D eigenvalue weighted by Gasteiger charge is -2.31. The molecular formula is C25H24O6. The number of benzene rings is 2. The Hall–Kier alpha value is -3.67. The zero-order valence-electron chi connectivity index (χ0n) is 17.6. The monoisotopic (exact) mass is 420 g/mol. The number of phenols is 3. The van der Waals surface area contributed by atoms with Crippen LogP contribution in [0.1, 0.15) is 39.2 Å². The van der Waals surface area contributed by atoms with Crippen LogP contribution in [0.25, 0.3) is 28.4 Å². The molecule has 1 aliphatic heterocycles. The van der Waals surface area contributed by atoms with E-state index >= 15 is 0 Å². The van der Waals surface area contributed by atoms with Crippen LogP contribution in [0, 0.1) is 0 Å². The van der Waals surface area contributed by atoms with Crippen molar-refractivity contribution >= 4 is 17.0 Å². The lowest BCUT2D eigenvalue weighted by atomic mass is 9.93. The van der Waals surface area contributed by atoms with Crippen LogP contribution in [-0.4, -0.2) is 20.9 Å². The van der Waals surface area contributed by atoms with E-state index in [0.29, 0.717) is 11.3 Å². The minimum absolute atomic E-state index is 0.0437. The predicted molar refractivity (Wildman–Crippen MR) is 120 cm³/mol. The summed E-state index contributed by atoms with van der Waals surface area (Å²) in [5.41, 5.74) is 1.05. The zero-order chi connectivity index (χ0) is 22.3. The first kappa shape index (κ1) is 20.6. The van der Waals surface area contributed by atoms with Crippen molar-refractivity contribution in [2.75, 3.05) is 0 Å². The number of fused-ring (bicyclic) bond motifs is 2. The van der Waals surface area contributed by atoms with E-state index in [-0.39, 0.29) is 39.5 Å². The summed E-state index contributed by atoms with van der Waals surface area (Å²) in [5, 5.41) is 30.5. The highest BCUT2D eigenvalue weighted by molar-refractivity contribution is 5.91. The number of rotatable bonds is 4. The molecule has 31 heavy (non-hydrogen) atoms. The maximum Gasteiger partial charge on any atom is 0.197 e. The van der Waals surface area contributed by atoms with Gasteiger partial charge in [-0.3, -0.25) is 4.79 Å². The first-order valence-electron chi connectivity index (χ1n) is 10.0. The highest BCUT2D eigenvalue weighted by atomic mass is 16.5. The highest BCUT2D eigenvalue weighted by Crippen LogP contribution is 2.43. The van der Waals surface area contributed by atoms with Crippen molar-refractivity contribution in [1.82, 2.24) is 0 Å². The van der Waals surface area contributed by atoms with E-state index in [4.69, 9.17) is 9.15 Å². The summed E-state index contributed by atoms with van der Waals surface area (Å²) in [6, 6.07) is 6.80. The molecule has 6 nitrogen and oxygen atoms in total. The van der Waals surface area contributed by atoms with Gasteiger partial charge in [-0.2, -0.15) is 0 Å². The number of phenolic OH excluding ortho intramolecular Hbond substituents is 3. The summed E-state index contributed by atoms with van der Waals surface area (Å²) in [6.45, 7) is 6.06. The van der Waals surface area contributed by atoms with Crippen LogP contribution in [-0.2, 0) is 0 Å². The van der Waals surface area contributed by atoms with Crippen molar-refractivity contribution in [1.29, 1.82) is 0 Å². The SMILES string of the molecule is CC(C)=CCCC1(C)C=Cc2c(cc3oc(-c4ccc(O)cc4O)cc(=O)c3c2O)O1. The molecule has 6 heteroatoms. The third-order valence-electron chi connectivity index (χ3n) is 5.38. The average molecular weight is 420 g/mol. The molecular weight excluding hydrogens is 396 g/mol. The molecule has 0 saturated carbocycles. The highest BCUT2D eigenvalue weighted by Gasteiger charge is 2.30. The van der Waals surface area contributed by atoms with Gasteiger partial charge in [-0.05, 0) is 57.9 Å². The van der Waals surface area contributed by atoms with E-state index in [1.165, 1.54) is 23.8 Å². The molecule has 1 aliphatic rings. The van der Waals surface area contributed by atoms with Crippen molar-refractivity contribution in [2.24, 2.45) is 0 Å². The van der Waals surface area contributed by atoms with Gasteiger partial charge >= 0.3 is 0 Å². The second kappa shape index (κ2) is 7.54. The maximum absolute atomic E-state index is 12.8. The number of allylic oxidation sites excluding steroid dienone is 2. The Morgan fingerprint density at radius 2 is 1.90 bits per heavy atom. The second-order valence-electron chi connectivity index (χ2n) is 8.25. The standard InChI is InChI=1S/C25H24O6/c1-14(2)5-4-9-25(3)10-8-17-21(31-25)13-22-23(24(17)29)19(28)12-20(30-22)16-7-6-15(26)11-18(16)27/h5-8,10-13,26-27,29H,4,9H2,1-3H3. The summed E-state index contributed by atoms with van der Waals surface area (Å²) < 4.78 is 12.1. The minimum atomic E-state index is -0.563. The largest absolute Gasteiger partial charge is 0.508 e. The van der Waals surface area contributed by atoms with Crippen molar-refractivity contribution in [2.45, 2.75) is 39.2 Å². The number of hydrogen-bond acceptors (Lipinski definition) is 6. The Morgan fingerprint density at radius 1 is 1.13 bits per heavy atom. The van der Waals surface area contributed by atoms with Gasteiger partial charge in [0.25, 0.3) is 0 Å². The Balaban J connectivity index is 1.80. The number of ether oxygens (including phenoxy) is 1. The molecule has 0 bridgehead atoms. The maximum atomic E-state index is 12.8. The van der Waals surface area contributed by atoms with Crippen molar-refractivity contribution < 1.29 is 24.5 Å². The normalized spacial score (nSPS) is 17.3. The first-order valence-corrected chi connectivity index (χ1v) is 10.0. The molecule has 1 unspecified atom stereocenters. The summed E-state index contributed by atoms with van der Waals surface area (Å²) in [6.07, 6.45) is 7.40. The van der Waals surface area contributed by atoms with Crippen molar-refractivity contribution in [3.63, 3.8) is 0 Å². The molecule has 0 saturated heterocycles. The van der Waals surface area contributed by atoms with E-state index in [1.807, 2.05) is 26.8 Å². The summed E-state index contributed by atoms with van der Waals surface area (Å²) in [7, 11) is 0. The van der Waals surface area contributed by atoms with Crippen molar-refractivity contribution in [3.8, 4) is 34.3 Å². The molecule has 3 N–H and O–H groups in total. The Kier molecular flexibility index (Phi) is 5.01. The minimum Gasteiger partial charge on any atom is -0.508 e. The molecule has 0 radical (unpaired) electrons. The molecule has 0 spiro atoms. The van der Waals surface area contributed by atoms with E-state index in [0.717, 1.165) is 18.9 Å². The fourth-order valence-electron chi connectivity index (χ4n) is 3.73. The van der Waals surface area contributed by atoms with E-state index in [9.17, 15) is 20.1 Å². The van der Waals surface area contributed by atoms with Gasteiger partial charge < -0.3 is 24.5 Å². The van der Waals surface area contributed by atoms with Gasteiger partial charge in [-0.25, -0.2) is 0 Å². The van der Waals surface area contributed by atoms with E-state index in [2.05, 4.69) is 6.08 Å². The molecule has 1 aromatic heterocycles. The molecule has 4 rings (SSSR count). The van der Waals surface area contributed by atoms with Crippen LogP contribution < -0.4 is 10.2 Å². The van der Waals surface area contributed by atoms with Gasteiger partial charge in [0, 0.05) is 18.2 Å². The smallest absolute Gasteiger partial charge is 0.197 e. The number of aromatic hydroxyl groups is 3. The van der Waals surface area contributed by atoms with Crippen LogP contribution in [0.2, 0.25) is 0 Å². The van der Waals surface area contributed by atoms with Crippen LogP contribution in [0.15, 0.2) is 57.3 Å². The fraction of sp³-hybridized carbons (Fsp3) is 0.240. The fourth-order valence-corrected chi connectivity index (χ4v) is 3.73. The van der Waals surface area contributed by atoms with Crippen LogP contribution in [0.4, 0.5) is 0 Å². The third kappa shape index (κ3) is 3.89. The lowest BCUT2D eigenvalue weighted by Crippen LogP contribution is -2.31. The van der Waals surface area contributed by atoms with Gasteiger partial charge in [-0.15, -0.1) is 0 Å². The molecule has 0 aliphatic carbocycles. The summed E-state index contributed by atoms with van der Waals surface area (Å²) >= 11 is 0. The third-order valence-corrected chi connectivity index (χ3v) is 5.38. The zero-order valence-corrected chi connectivity index (χ0v) is 17.6. The number of hydrogen-bond donors (Lipinski definition) is 3. The van der Waals surface area contributed by atoms with Crippen LogP contribution in [0.3, 0.4) is 0 Å². The van der Waals surface area contributed by atoms with Gasteiger partial charge in [0.2, 0.25) is 0 Å². The van der Waals surface area contributed by atoms with Gasteiger partial charge in [0.15, 0.2) is 5.43 Å². The lowest BCUT2D eigenvalue weighted by molar-refractivity contribution is 0.128. The molecule has 3 aromatic rings.